The Morgan fingerprint density at radius 1 is 1.18 bits per heavy atom. The predicted molar refractivity (Wildman–Crippen MR) is 125 cm³/mol. The number of aliphatic hydroxyl groups excluding tert-OH is 1. The number of hydrogen-bond acceptors (Lipinski definition) is 9. The highest BCUT2D eigenvalue weighted by Gasteiger charge is 2.23. The molecule has 184 valence electrons. The van der Waals surface area contributed by atoms with Gasteiger partial charge in [-0.1, -0.05) is 6.58 Å². The fraction of sp³-hybridized carbons (Fsp3) is 0.333. The summed E-state index contributed by atoms with van der Waals surface area (Å²) in [4.78, 5) is 38.2. The number of nitrogens with two attached hydrogens (primary N) is 2. The fourth-order valence-electron chi connectivity index (χ4n) is 3.14. The normalized spacial score (nSPS) is 18.7. The number of aliphatic hydroxyl groups is 1. The number of amides is 1. The van der Waals surface area contributed by atoms with Crippen molar-refractivity contribution in [3.8, 4) is 0 Å². The zero-order chi connectivity index (χ0) is 25.3. The van der Waals surface area contributed by atoms with Crippen molar-refractivity contribution in [2.24, 2.45) is 16.5 Å². The van der Waals surface area contributed by atoms with Gasteiger partial charge in [-0.3, -0.25) is 9.59 Å². The number of nitrogens with zero attached hydrogens (tertiary/aromatic N) is 1. The first-order valence-electron chi connectivity index (χ1n) is 10.4. The molecule has 0 radical (unpaired) electrons. The number of nitrogens with one attached hydrogen (secondary N) is 4. The highest BCUT2D eigenvalue weighted by Crippen LogP contribution is 2.12. The third-order valence-corrected chi connectivity index (χ3v) is 4.83. The molecule has 13 nitrogen and oxygen atoms in total. The number of carbonyl (C=O) groups excluding carboxylic acids is 1. The van der Waals surface area contributed by atoms with Crippen molar-refractivity contribution in [2.45, 2.75) is 31.3 Å². The largest absolute Gasteiger partial charge is 0.493 e. The van der Waals surface area contributed by atoms with Gasteiger partial charge in [0.2, 0.25) is 5.88 Å². The van der Waals surface area contributed by atoms with Crippen molar-refractivity contribution >= 4 is 29.4 Å². The maximum atomic E-state index is 12.3. The smallest absolute Gasteiger partial charge is 0.326 e. The molecule has 1 aliphatic heterocycles. The topological polar surface area (TPSA) is 224 Å². The minimum absolute atomic E-state index is 0.0676. The van der Waals surface area contributed by atoms with Crippen LogP contribution in [0, 0.1) is 0 Å². The molecule has 0 aliphatic carbocycles. The molecule has 13 heteroatoms. The molecule has 1 amide bonds. The highest BCUT2D eigenvalue weighted by molar-refractivity contribution is 5.99. The van der Waals surface area contributed by atoms with Crippen LogP contribution >= 0.6 is 0 Å². The Hall–Kier alpha value is -4.42. The number of aliphatic imine (C=N–C) groups is 1. The van der Waals surface area contributed by atoms with Gasteiger partial charge in [-0.25, -0.2) is 9.79 Å². The molecule has 2 unspecified atom stereocenters. The van der Waals surface area contributed by atoms with E-state index in [9.17, 15) is 19.5 Å². The summed E-state index contributed by atoms with van der Waals surface area (Å²) in [5.41, 5.74) is 12.2. The van der Waals surface area contributed by atoms with Crippen LogP contribution in [0.25, 0.3) is 0 Å². The Morgan fingerprint density at radius 2 is 1.85 bits per heavy atom. The van der Waals surface area contributed by atoms with E-state index < -0.39 is 29.8 Å². The zero-order valence-electron chi connectivity index (χ0n) is 18.4. The van der Waals surface area contributed by atoms with Gasteiger partial charge in [-0.05, 0) is 37.1 Å². The summed E-state index contributed by atoms with van der Waals surface area (Å²) in [6.07, 6.45) is 0.0596. The summed E-state index contributed by atoms with van der Waals surface area (Å²) in [6, 6.07) is 5.04. The first kappa shape index (κ1) is 25.8. The summed E-state index contributed by atoms with van der Waals surface area (Å²) < 4.78 is 0. The quantitative estimate of drug-likeness (QED) is 0.187. The molecule has 1 aromatic carbocycles. The van der Waals surface area contributed by atoms with Crippen LogP contribution in [-0.4, -0.2) is 64.2 Å². The lowest BCUT2D eigenvalue weighted by molar-refractivity contribution is -0.140. The Bertz CT molecular complexity index is 986. The maximum absolute atomic E-state index is 12.3. The molecule has 2 rings (SSSR count). The van der Waals surface area contributed by atoms with Crippen molar-refractivity contribution in [3.63, 3.8) is 0 Å². The molecule has 1 aliphatic rings. The first-order chi connectivity index (χ1) is 16.1. The average Bonchev–Trinajstić information content (AvgIpc) is 2.77. The number of anilines is 1. The van der Waals surface area contributed by atoms with E-state index in [4.69, 9.17) is 21.7 Å². The molecular weight excluding hydrogens is 446 g/mol. The zero-order valence-corrected chi connectivity index (χ0v) is 18.4. The summed E-state index contributed by atoms with van der Waals surface area (Å²) >= 11 is 0. The molecule has 1 heterocycles. The number of carbonyl (C=O) groups is 3. The Kier molecular flexibility index (Phi) is 9.11. The Labute approximate surface area is 195 Å². The van der Waals surface area contributed by atoms with Gasteiger partial charge in [-0.15, -0.1) is 0 Å². The van der Waals surface area contributed by atoms with Crippen LogP contribution < -0.4 is 32.7 Å². The SMILES string of the molecule is C=C(N)/N=C1/NCC(CCNc2ccc(C(=O)NC(CCC(=O)O)C(=O)O)cc2)N/C1=C(/N)O. The molecular formula is C21H29N7O6. The van der Waals surface area contributed by atoms with Gasteiger partial charge in [-0.2, -0.15) is 0 Å². The van der Waals surface area contributed by atoms with E-state index in [1.54, 1.807) is 12.1 Å². The summed E-state index contributed by atoms with van der Waals surface area (Å²) in [5.74, 6) is -3.10. The van der Waals surface area contributed by atoms with Gasteiger partial charge in [0.05, 0.1) is 0 Å². The van der Waals surface area contributed by atoms with Crippen LogP contribution in [0.1, 0.15) is 29.6 Å². The van der Waals surface area contributed by atoms with E-state index in [2.05, 4.69) is 32.8 Å². The van der Waals surface area contributed by atoms with Crippen molar-refractivity contribution in [3.05, 3.63) is 53.8 Å². The summed E-state index contributed by atoms with van der Waals surface area (Å²) in [7, 11) is 0. The van der Waals surface area contributed by atoms with E-state index in [1.807, 2.05) is 0 Å². The summed E-state index contributed by atoms with van der Waals surface area (Å²) in [5, 5.41) is 39.2. The van der Waals surface area contributed by atoms with E-state index in [1.165, 1.54) is 12.1 Å². The fourth-order valence-corrected chi connectivity index (χ4v) is 3.14. The third kappa shape index (κ3) is 7.93. The molecule has 1 fully saturated rings. The molecule has 1 saturated heterocycles. The lowest BCUT2D eigenvalue weighted by Gasteiger charge is -2.29. The Balaban J connectivity index is 1.87. The van der Waals surface area contributed by atoms with Crippen molar-refractivity contribution in [1.82, 2.24) is 16.0 Å². The second kappa shape index (κ2) is 12.0. The van der Waals surface area contributed by atoms with Crippen LogP contribution in [0.2, 0.25) is 0 Å². The number of hydrogen-bond donors (Lipinski definition) is 9. The van der Waals surface area contributed by atoms with Crippen LogP contribution in [0.4, 0.5) is 5.69 Å². The lowest BCUT2D eigenvalue weighted by atomic mass is 10.1. The van der Waals surface area contributed by atoms with Crippen molar-refractivity contribution in [1.29, 1.82) is 0 Å². The molecule has 0 saturated carbocycles. The molecule has 1 aromatic rings. The molecule has 11 N–H and O–H groups in total. The van der Waals surface area contributed by atoms with Gasteiger partial charge in [0.1, 0.15) is 17.6 Å². The number of rotatable bonds is 11. The van der Waals surface area contributed by atoms with Crippen LogP contribution in [-0.2, 0) is 9.59 Å². The standard InChI is InChI=1S/C21H29N7O6/c1-11(22)26-19-17(18(23)31)27-14(10-25-19)8-9-24-13-4-2-12(3-5-13)20(32)28-15(21(33)34)6-7-16(29)30/h2-5,14-15,24,27,31H,1,6-10,22-23H2,(H,25,26)(H,28,32)(H,29,30)(H,33,34)/b18-17-. The number of amidine groups is 1. The van der Waals surface area contributed by atoms with Crippen LogP contribution in [0.5, 0.6) is 0 Å². The number of benzene rings is 1. The van der Waals surface area contributed by atoms with Crippen LogP contribution in [0.3, 0.4) is 0 Å². The van der Waals surface area contributed by atoms with Crippen molar-refractivity contribution < 1.29 is 29.7 Å². The number of carboxylic acids is 2. The van der Waals surface area contributed by atoms with E-state index >= 15 is 0 Å². The van der Waals surface area contributed by atoms with E-state index in [0.29, 0.717) is 25.3 Å². The number of piperazine rings is 1. The minimum atomic E-state index is -1.30. The van der Waals surface area contributed by atoms with Gasteiger partial charge >= 0.3 is 11.9 Å². The molecule has 2 atom stereocenters. The molecule has 0 aromatic heterocycles. The Morgan fingerprint density at radius 3 is 2.41 bits per heavy atom. The van der Waals surface area contributed by atoms with Gasteiger partial charge in [0, 0.05) is 36.8 Å². The minimum Gasteiger partial charge on any atom is -0.493 e. The van der Waals surface area contributed by atoms with Crippen LogP contribution in [0.15, 0.2) is 53.2 Å². The first-order valence-corrected chi connectivity index (χ1v) is 10.4. The van der Waals surface area contributed by atoms with Gasteiger partial charge in [0.25, 0.3) is 5.91 Å². The summed E-state index contributed by atoms with van der Waals surface area (Å²) in [6.45, 7) is 4.56. The lowest BCUT2D eigenvalue weighted by Crippen LogP contribution is -2.52. The van der Waals surface area contributed by atoms with Gasteiger partial charge < -0.3 is 48.1 Å². The van der Waals surface area contributed by atoms with Gasteiger partial charge in [0.15, 0.2) is 5.84 Å². The third-order valence-electron chi connectivity index (χ3n) is 4.83. The second-order valence-electron chi connectivity index (χ2n) is 7.52. The monoisotopic (exact) mass is 475 g/mol. The molecule has 0 bridgehead atoms. The second-order valence-corrected chi connectivity index (χ2v) is 7.52. The molecule has 34 heavy (non-hydrogen) atoms. The number of aliphatic carboxylic acids is 2. The molecule has 0 spiro atoms. The maximum Gasteiger partial charge on any atom is 0.326 e. The highest BCUT2D eigenvalue weighted by atomic mass is 16.4. The van der Waals surface area contributed by atoms with E-state index in [-0.39, 0.29) is 36.0 Å². The van der Waals surface area contributed by atoms with Crippen molar-refractivity contribution in [2.75, 3.05) is 18.4 Å². The number of carboxylic acid groups (broad SMARTS) is 2. The average molecular weight is 476 g/mol. The van der Waals surface area contributed by atoms with E-state index in [0.717, 1.165) is 5.69 Å². The predicted octanol–water partition coefficient (Wildman–Crippen LogP) is -0.388.